The highest BCUT2D eigenvalue weighted by Crippen LogP contribution is 2.16. The van der Waals surface area contributed by atoms with Crippen LogP contribution >= 0.6 is 11.8 Å². The Bertz CT molecular complexity index is 699. The van der Waals surface area contributed by atoms with E-state index in [1.165, 1.54) is 17.8 Å². The van der Waals surface area contributed by atoms with Crippen LogP contribution in [0.5, 0.6) is 0 Å². The van der Waals surface area contributed by atoms with Crippen LogP contribution in [-0.4, -0.2) is 33.7 Å². The summed E-state index contributed by atoms with van der Waals surface area (Å²) in [5.41, 5.74) is 1.04. The summed E-state index contributed by atoms with van der Waals surface area (Å²) in [4.78, 5) is 34.4. The summed E-state index contributed by atoms with van der Waals surface area (Å²) in [6.45, 7) is 2.16. The lowest BCUT2D eigenvalue weighted by Crippen LogP contribution is -2.27. The predicted octanol–water partition coefficient (Wildman–Crippen LogP) is 1.17. The van der Waals surface area contributed by atoms with E-state index in [0.29, 0.717) is 35.1 Å². The molecule has 0 saturated heterocycles. The largest absolute Gasteiger partial charge is 0.352 e. The van der Waals surface area contributed by atoms with Gasteiger partial charge in [0, 0.05) is 30.9 Å². The molecule has 110 valence electrons. The first-order valence-electron chi connectivity index (χ1n) is 6.44. The van der Waals surface area contributed by atoms with E-state index in [0.717, 1.165) is 0 Å². The van der Waals surface area contributed by atoms with E-state index in [1.54, 1.807) is 25.3 Å². The highest BCUT2D eigenvalue weighted by atomic mass is 32.2. The van der Waals surface area contributed by atoms with Crippen LogP contribution < -0.4 is 10.9 Å². The van der Waals surface area contributed by atoms with Gasteiger partial charge in [0.15, 0.2) is 0 Å². The van der Waals surface area contributed by atoms with E-state index in [4.69, 9.17) is 0 Å². The lowest BCUT2D eigenvalue weighted by molar-refractivity contribution is 0.0950. The van der Waals surface area contributed by atoms with Gasteiger partial charge in [-0.2, -0.15) is 0 Å². The summed E-state index contributed by atoms with van der Waals surface area (Å²) in [7, 11) is 0. The minimum absolute atomic E-state index is 0.178. The first-order valence-corrected chi connectivity index (χ1v) is 7.66. The molecule has 0 atom stereocenters. The lowest BCUT2D eigenvalue weighted by Gasteiger charge is -2.07. The third-order valence-electron chi connectivity index (χ3n) is 2.78. The topological polar surface area (TPSA) is 87.7 Å². The van der Waals surface area contributed by atoms with Gasteiger partial charge in [0.2, 0.25) is 0 Å². The first kappa shape index (κ1) is 15.2. The van der Waals surface area contributed by atoms with Crippen molar-refractivity contribution in [3.63, 3.8) is 0 Å². The number of nitrogens with one attached hydrogen (secondary N) is 2. The fourth-order valence-electron chi connectivity index (χ4n) is 1.88. The lowest BCUT2D eigenvalue weighted by atomic mass is 10.2. The Morgan fingerprint density at radius 3 is 3.00 bits per heavy atom. The molecule has 0 fully saturated rings. The van der Waals surface area contributed by atoms with Crippen molar-refractivity contribution >= 4 is 17.7 Å². The Hall–Kier alpha value is -2.15. The van der Waals surface area contributed by atoms with Crippen LogP contribution in [0, 0.1) is 6.92 Å². The van der Waals surface area contributed by atoms with Crippen molar-refractivity contribution in [3.05, 3.63) is 51.8 Å². The van der Waals surface area contributed by atoms with Crippen LogP contribution in [0.1, 0.15) is 21.9 Å². The van der Waals surface area contributed by atoms with Gasteiger partial charge in [0.05, 0.1) is 5.56 Å². The average molecular weight is 304 g/mol. The van der Waals surface area contributed by atoms with Crippen LogP contribution in [0.4, 0.5) is 0 Å². The molecular formula is C14H16N4O2S. The van der Waals surface area contributed by atoms with E-state index in [-0.39, 0.29) is 11.5 Å². The third kappa shape index (κ3) is 4.16. The maximum absolute atomic E-state index is 12.1. The van der Waals surface area contributed by atoms with E-state index >= 15 is 0 Å². The molecule has 0 aliphatic rings. The van der Waals surface area contributed by atoms with Crippen LogP contribution in [0.25, 0.3) is 0 Å². The summed E-state index contributed by atoms with van der Waals surface area (Å²) in [6, 6.07) is 4.90. The van der Waals surface area contributed by atoms with Gasteiger partial charge in [-0.15, -0.1) is 11.8 Å². The average Bonchev–Trinajstić information content (AvgIpc) is 2.46. The van der Waals surface area contributed by atoms with Crippen LogP contribution in [0.15, 0.2) is 34.2 Å². The summed E-state index contributed by atoms with van der Waals surface area (Å²) >= 11 is 1.43. The molecule has 0 bridgehead atoms. The molecule has 2 aromatic rings. The van der Waals surface area contributed by atoms with Crippen molar-refractivity contribution in [1.29, 1.82) is 0 Å². The number of hydrogen-bond donors (Lipinski definition) is 2. The van der Waals surface area contributed by atoms with Gasteiger partial charge >= 0.3 is 0 Å². The Kier molecular flexibility index (Phi) is 5.10. The standard InChI is InChI=1S/C14H16N4O2S/c1-9-8-12(19)18-11(17-9)5-7-15-13(20)10-4-3-6-16-14(10)21-2/h3-4,6,8H,5,7H2,1-2H3,(H,15,20)(H,17,18,19). The molecule has 0 spiro atoms. The number of amides is 1. The van der Waals surface area contributed by atoms with E-state index in [1.807, 2.05) is 6.26 Å². The fourth-order valence-corrected chi connectivity index (χ4v) is 2.42. The van der Waals surface area contributed by atoms with Gasteiger partial charge < -0.3 is 10.3 Å². The molecule has 2 N–H and O–H groups in total. The second kappa shape index (κ2) is 7.03. The number of carbonyl (C=O) groups excluding carboxylic acids is 1. The molecule has 0 aliphatic heterocycles. The number of H-pyrrole nitrogens is 1. The summed E-state index contributed by atoms with van der Waals surface area (Å²) in [5, 5.41) is 3.50. The van der Waals surface area contributed by atoms with Gasteiger partial charge in [-0.05, 0) is 25.3 Å². The first-order chi connectivity index (χ1) is 10.1. The zero-order chi connectivity index (χ0) is 15.2. The van der Waals surface area contributed by atoms with Crippen molar-refractivity contribution in [2.45, 2.75) is 18.4 Å². The Labute approximate surface area is 126 Å². The molecule has 6 nitrogen and oxygen atoms in total. The molecule has 21 heavy (non-hydrogen) atoms. The number of hydrogen-bond acceptors (Lipinski definition) is 5. The minimum atomic E-state index is -0.180. The van der Waals surface area contributed by atoms with Crippen molar-refractivity contribution in [1.82, 2.24) is 20.3 Å². The van der Waals surface area contributed by atoms with Crippen LogP contribution in [0.2, 0.25) is 0 Å². The molecule has 7 heteroatoms. The number of thioether (sulfide) groups is 1. The maximum atomic E-state index is 12.1. The molecule has 0 saturated carbocycles. The molecule has 2 rings (SSSR count). The smallest absolute Gasteiger partial charge is 0.254 e. The molecule has 1 amide bonds. The number of rotatable bonds is 5. The Balaban J connectivity index is 1.97. The number of carbonyl (C=O) groups is 1. The van der Waals surface area contributed by atoms with Gasteiger partial charge in [-0.1, -0.05) is 0 Å². The second-order valence-electron chi connectivity index (χ2n) is 4.40. The number of aryl methyl sites for hydroxylation is 1. The number of pyridine rings is 1. The van der Waals surface area contributed by atoms with E-state index in [2.05, 4.69) is 20.3 Å². The van der Waals surface area contributed by atoms with Crippen LogP contribution in [-0.2, 0) is 6.42 Å². The molecule has 2 heterocycles. The second-order valence-corrected chi connectivity index (χ2v) is 5.19. The normalized spacial score (nSPS) is 10.4. The number of nitrogens with zero attached hydrogens (tertiary/aromatic N) is 2. The summed E-state index contributed by atoms with van der Waals surface area (Å²) in [5.74, 6) is 0.388. The Morgan fingerprint density at radius 2 is 2.29 bits per heavy atom. The molecular weight excluding hydrogens is 288 g/mol. The van der Waals surface area contributed by atoms with Gasteiger partial charge in [-0.25, -0.2) is 9.97 Å². The fraction of sp³-hybridized carbons (Fsp3) is 0.286. The molecule has 2 aromatic heterocycles. The zero-order valence-corrected chi connectivity index (χ0v) is 12.7. The SMILES string of the molecule is CSc1ncccc1C(=O)NCCc1nc(C)cc(=O)[nH]1. The molecule has 0 radical (unpaired) electrons. The maximum Gasteiger partial charge on any atom is 0.254 e. The highest BCUT2D eigenvalue weighted by Gasteiger charge is 2.11. The molecule has 0 aromatic carbocycles. The van der Waals surface area contributed by atoms with Crippen molar-refractivity contribution in [2.75, 3.05) is 12.8 Å². The summed E-state index contributed by atoms with van der Waals surface area (Å²) < 4.78 is 0. The zero-order valence-electron chi connectivity index (χ0n) is 11.8. The van der Waals surface area contributed by atoms with Gasteiger partial charge in [0.25, 0.3) is 11.5 Å². The monoisotopic (exact) mass is 304 g/mol. The van der Waals surface area contributed by atoms with Crippen molar-refractivity contribution in [2.24, 2.45) is 0 Å². The third-order valence-corrected chi connectivity index (χ3v) is 3.49. The number of aromatic nitrogens is 3. The van der Waals surface area contributed by atoms with Crippen LogP contribution in [0.3, 0.4) is 0 Å². The molecule has 0 aliphatic carbocycles. The van der Waals surface area contributed by atoms with E-state index in [9.17, 15) is 9.59 Å². The quantitative estimate of drug-likeness (QED) is 0.810. The van der Waals surface area contributed by atoms with Gasteiger partial charge in [0.1, 0.15) is 10.9 Å². The highest BCUT2D eigenvalue weighted by molar-refractivity contribution is 7.98. The van der Waals surface area contributed by atoms with Crippen molar-refractivity contribution < 1.29 is 4.79 Å². The van der Waals surface area contributed by atoms with E-state index < -0.39 is 0 Å². The van der Waals surface area contributed by atoms with Gasteiger partial charge in [-0.3, -0.25) is 9.59 Å². The minimum Gasteiger partial charge on any atom is -0.352 e. The molecule has 0 unspecified atom stereocenters. The predicted molar refractivity (Wildman–Crippen MR) is 81.6 cm³/mol. The summed E-state index contributed by atoms with van der Waals surface area (Å²) in [6.07, 6.45) is 4.00. The number of aromatic amines is 1. The van der Waals surface area contributed by atoms with Crippen molar-refractivity contribution in [3.8, 4) is 0 Å². The Morgan fingerprint density at radius 1 is 1.48 bits per heavy atom.